The van der Waals surface area contributed by atoms with Gasteiger partial charge in [0.1, 0.15) is 0 Å². The quantitative estimate of drug-likeness (QED) is 0.942. The summed E-state index contributed by atoms with van der Waals surface area (Å²) in [5.74, 6) is 0. The van der Waals surface area contributed by atoms with Gasteiger partial charge in [-0.15, -0.1) is 11.3 Å². The zero-order chi connectivity index (χ0) is 11.6. The van der Waals surface area contributed by atoms with Gasteiger partial charge in [-0.2, -0.15) is 0 Å². The number of halogens is 1. The summed E-state index contributed by atoms with van der Waals surface area (Å²) in [7, 11) is 0. The maximum atomic E-state index is 10.5. The molecule has 0 bridgehead atoms. The summed E-state index contributed by atoms with van der Waals surface area (Å²) < 4.78 is 0.927. The van der Waals surface area contributed by atoms with E-state index < -0.39 is 5.60 Å². The van der Waals surface area contributed by atoms with Gasteiger partial charge in [-0.25, -0.2) is 4.98 Å². The molecular formula is C12H12BrNOS. The molecule has 84 valence electrons. The van der Waals surface area contributed by atoms with Gasteiger partial charge in [-0.3, -0.25) is 0 Å². The number of benzene rings is 1. The Labute approximate surface area is 107 Å². The Morgan fingerprint density at radius 1 is 1.44 bits per heavy atom. The number of thiazole rings is 1. The van der Waals surface area contributed by atoms with Crippen molar-refractivity contribution in [3.8, 4) is 0 Å². The summed E-state index contributed by atoms with van der Waals surface area (Å²) in [4.78, 5) is 4.20. The van der Waals surface area contributed by atoms with Crippen LogP contribution >= 0.6 is 27.3 Å². The van der Waals surface area contributed by atoms with Gasteiger partial charge in [0.15, 0.2) is 0 Å². The third kappa shape index (κ3) is 2.51. The van der Waals surface area contributed by atoms with E-state index in [9.17, 15) is 5.11 Å². The molecule has 16 heavy (non-hydrogen) atoms. The first kappa shape index (κ1) is 11.8. The molecule has 1 N–H and O–H groups in total. The molecule has 0 radical (unpaired) electrons. The molecule has 0 aliphatic rings. The van der Waals surface area contributed by atoms with Crippen LogP contribution in [0.1, 0.15) is 17.5 Å². The van der Waals surface area contributed by atoms with Gasteiger partial charge < -0.3 is 5.11 Å². The fraction of sp³-hybridized carbons (Fsp3) is 0.250. The number of hydrogen-bond acceptors (Lipinski definition) is 3. The van der Waals surface area contributed by atoms with E-state index in [0.29, 0.717) is 6.42 Å². The van der Waals surface area contributed by atoms with E-state index in [1.54, 1.807) is 17.5 Å². The average Bonchev–Trinajstić information content (AvgIpc) is 2.70. The second-order valence-electron chi connectivity index (χ2n) is 3.86. The Morgan fingerprint density at radius 2 is 2.19 bits per heavy atom. The smallest absolute Gasteiger partial charge is 0.0956 e. The molecule has 0 spiro atoms. The van der Waals surface area contributed by atoms with Crippen LogP contribution in [0.2, 0.25) is 0 Å². The van der Waals surface area contributed by atoms with Crippen LogP contribution < -0.4 is 0 Å². The highest BCUT2D eigenvalue weighted by molar-refractivity contribution is 9.10. The van der Waals surface area contributed by atoms with Gasteiger partial charge in [0.2, 0.25) is 0 Å². The minimum Gasteiger partial charge on any atom is -0.385 e. The van der Waals surface area contributed by atoms with Gasteiger partial charge in [0, 0.05) is 22.5 Å². The largest absolute Gasteiger partial charge is 0.385 e. The van der Waals surface area contributed by atoms with Gasteiger partial charge >= 0.3 is 0 Å². The van der Waals surface area contributed by atoms with Gasteiger partial charge in [0.05, 0.1) is 10.6 Å². The lowest BCUT2D eigenvalue weighted by atomic mass is 9.93. The summed E-state index contributed by atoms with van der Waals surface area (Å²) >= 11 is 5.02. The van der Waals surface area contributed by atoms with Crippen molar-refractivity contribution in [1.29, 1.82) is 0 Å². The molecule has 1 unspecified atom stereocenters. The summed E-state index contributed by atoms with van der Waals surface area (Å²) in [6, 6.07) is 7.73. The van der Waals surface area contributed by atoms with E-state index in [4.69, 9.17) is 0 Å². The van der Waals surface area contributed by atoms with Crippen LogP contribution in [-0.4, -0.2) is 10.1 Å². The molecule has 1 heterocycles. The van der Waals surface area contributed by atoms with Crippen LogP contribution in [0.3, 0.4) is 0 Å². The number of rotatable bonds is 3. The van der Waals surface area contributed by atoms with Crippen molar-refractivity contribution in [2.75, 3.05) is 0 Å². The first-order valence-corrected chi connectivity index (χ1v) is 6.62. The lowest BCUT2D eigenvalue weighted by Crippen LogP contribution is -2.24. The second kappa shape index (κ2) is 4.65. The number of nitrogens with zero attached hydrogens (tertiary/aromatic N) is 1. The summed E-state index contributed by atoms with van der Waals surface area (Å²) in [6.45, 7) is 1.81. The Morgan fingerprint density at radius 3 is 2.81 bits per heavy atom. The molecule has 0 amide bonds. The summed E-state index contributed by atoms with van der Waals surface area (Å²) in [5, 5.41) is 13.3. The van der Waals surface area contributed by atoms with Crippen molar-refractivity contribution in [3.63, 3.8) is 0 Å². The molecule has 0 fully saturated rings. The predicted molar refractivity (Wildman–Crippen MR) is 69.5 cm³/mol. The van der Waals surface area contributed by atoms with E-state index in [0.717, 1.165) is 15.0 Å². The maximum absolute atomic E-state index is 10.5. The second-order valence-corrected chi connectivity index (χ2v) is 5.69. The SMILES string of the molecule is CC(O)(Cc1nccs1)c1ccccc1Br. The molecule has 2 nitrogen and oxygen atoms in total. The predicted octanol–water partition coefficient (Wildman–Crippen LogP) is 3.36. The molecule has 2 aromatic rings. The van der Waals surface area contributed by atoms with E-state index in [-0.39, 0.29) is 0 Å². The van der Waals surface area contributed by atoms with E-state index in [1.807, 2.05) is 36.6 Å². The molecule has 0 saturated carbocycles. The van der Waals surface area contributed by atoms with Crippen LogP contribution in [0, 0.1) is 0 Å². The topological polar surface area (TPSA) is 33.1 Å². The van der Waals surface area contributed by atoms with E-state index in [2.05, 4.69) is 20.9 Å². The van der Waals surface area contributed by atoms with Crippen LogP contribution in [-0.2, 0) is 12.0 Å². The number of aromatic nitrogens is 1. The fourth-order valence-electron chi connectivity index (χ4n) is 1.63. The number of hydrogen-bond donors (Lipinski definition) is 1. The standard InChI is InChI=1S/C12H12BrNOS/c1-12(15,8-11-14-6-7-16-11)9-4-2-3-5-10(9)13/h2-7,15H,8H2,1H3. The van der Waals surface area contributed by atoms with Crippen LogP contribution in [0.4, 0.5) is 0 Å². The summed E-state index contributed by atoms with van der Waals surface area (Å²) in [6.07, 6.45) is 2.30. The lowest BCUT2D eigenvalue weighted by Gasteiger charge is -2.23. The molecule has 0 saturated heterocycles. The zero-order valence-corrected chi connectivity index (χ0v) is 11.3. The molecule has 0 aliphatic carbocycles. The van der Waals surface area contributed by atoms with Gasteiger partial charge in [-0.05, 0) is 18.6 Å². The minimum atomic E-state index is -0.891. The van der Waals surface area contributed by atoms with Crippen molar-refractivity contribution in [2.24, 2.45) is 0 Å². The third-order valence-electron chi connectivity index (χ3n) is 2.43. The highest BCUT2D eigenvalue weighted by Crippen LogP contribution is 2.31. The highest BCUT2D eigenvalue weighted by atomic mass is 79.9. The molecule has 2 rings (SSSR count). The van der Waals surface area contributed by atoms with Crippen molar-refractivity contribution in [2.45, 2.75) is 18.9 Å². The average molecular weight is 298 g/mol. The molecular weight excluding hydrogens is 286 g/mol. The van der Waals surface area contributed by atoms with Crippen LogP contribution in [0.5, 0.6) is 0 Å². The Balaban J connectivity index is 2.28. The molecule has 1 aromatic carbocycles. The van der Waals surface area contributed by atoms with Crippen molar-refractivity contribution in [3.05, 3.63) is 50.9 Å². The third-order valence-corrected chi connectivity index (χ3v) is 3.90. The zero-order valence-electron chi connectivity index (χ0n) is 8.85. The minimum absolute atomic E-state index is 0.535. The Kier molecular flexibility index (Phi) is 3.42. The molecule has 4 heteroatoms. The monoisotopic (exact) mass is 297 g/mol. The normalized spacial score (nSPS) is 14.7. The van der Waals surface area contributed by atoms with Gasteiger partial charge in [-0.1, -0.05) is 34.1 Å². The summed E-state index contributed by atoms with van der Waals surface area (Å²) in [5.41, 5.74) is 0.00278. The van der Waals surface area contributed by atoms with E-state index in [1.165, 1.54) is 0 Å². The Hall–Kier alpha value is -0.710. The van der Waals surface area contributed by atoms with Crippen molar-refractivity contribution >= 4 is 27.3 Å². The van der Waals surface area contributed by atoms with Crippen LogP contribution in [0.25, 0.3) is 0 Å². The van der Waals surface area contributed by atoms with E-state index >= 15 is 0 Å². The number of aliphatic hydroxyl groups is 1. The highest BCUT2D eigenvalue weighted by Gasteiger charge is 2.26. The first-order chi connectivity index (χ1) is 7.59. The Bertz CT molecular complexity index is 468. The molecule has 1 atom stereocenters. The van der Waals surface area contributed by atoms with Crippen LogP contribution in [0.15, 0.2) is 40.3 Å². The molecule has 1 aromatic heterocycles. The maximum Gasteiger partial charge on any atom is 0.0956 e. The fourth-order valence-corrected chi connectivity index (χ4v) is 3.10. The first-order valence-electron chi connectivity index (χ1n) is 4.95. The lowest BCUT2D eigenvalue weighted by molar-refractivity contribution is 0.0568. The van der Waals surface area contributed by atoms with Crippen molar-refractivity contribution in [1.82, 2.24) is 4.98 Å². The molecule has 0 aliphatic heterocycles. The van der Waals surface area contributed by atoms with Crippen molar-refractivity contribution < 1.29 is 5.11 Å². The van der Waals surface area contributed by atoms with Gasteiger partial charge in [0.25, 0.3) is 0 Å².